The zero-order valence-corrected chi connectivity index (χ0v) is 16.0. The standard InChI is InChI=1S/C25H22N2O2/c1-17-16-24(29-23-12-6-20(27)7-13-23)14-15-25(17)18-2-8-21(9-3-18)28-22-10-4-19(26)5-11-22/h2-15H,1,16,26-27H2. The summed E-state index contributed by atoms with van der Waals surface area (Å²) in [5.74, 6) is 3.13. The molecule has 1 aliphatic carbocycles. The molecule has 0 fully saturated rings. The fourth-order valence-corrected chi connectivity index (χ4v) is 3.09. The fraction of sp³-hybridized carbons (Fsp3) is 0.0400. The summed E-state index contributed by atoms with van der Waals surface area (Å²) in [4.78, 5) is 0. The minimum Gasteiger partial charge on any atom is -0.461 e. The number of allylic oxidation sites excluding steroid dienone is 4. The number of rotatable bonds is 5. The molecule has 29 heavy (non-hydrogen) atoms. The largest absolute Gasteiger partial charge is 0.461 e. The second kappa shape index (κ2) is 7.98. The monoisotopic (exact) mass is 382 g/mol. The molecule has 4 heteroatoms. The topological polar surface area (TPSA) is 70.5 Å². The highest BCUT2D eigenvalue weighted by Crippen LogP contribution is 2.33. The van der Waals surface area contributed by atoms with Crippen LogP contribution in [-0.2, 0) is 0 Å². The molecular formula is C25H22N2O2. The highest BCUT2D eigenvalue weighted by atomic mass is 16.5. The van der Waals surface area contributed by atoms with Crippen molar-refractivity contribution in [2.45, 2.75) is 6.42 Å². The van der Waals surface area contributed by atoms with Crippen LogP contribution in [0.2, 0.25) is 0 Å². The van der Waals surface area contributed by atoms with E-state index in [1.807, 2.05) is 84.9 Å². The van der Waals surface area contributed by atoms with Crippen molar-refractivity contribution in [1.82, 2.24) is 0 Å². The van der Waals surface area contributed by atoms with Gasteiger partial charge in [-0.3, -0.25) is 0 Å². The zero-order valence-electron chi connectivity index (χ0n) is 16.0. The Hall–Kier alpha value is -3.92. The van der Waals surface area contributed by atoms with Gasteiger partial charge >= 0.3 is 0 Å². The lowest BCUT2D eigenvalue weighted by atomic mass is 9.92. The summed E-state index contributed by atoms with van der Waals surface area (Å²) < 4.78 is 11.8. The Morgan fingerprint density at radius 1 is 0.621 bits per heavy atom. The van der Waals surface area contributed by atoms with Crippen LogP contribution in [-0.4, -0.2) is 0 Å². The zero-order chi connectivity index (χ0) is 20.2. The van der Waals surface area contributed by atoms with Gasteiger partial charge < -0.3 is 20.9 Å². The van der Waals surface area contributed by atoms with E-state index in [0.29, 0.717) is 17.8 Å². The molecule has 3 aromatic rings. The summed E-state index contributed by atoms with van der Waals surface area (Å²) in [5.41, 5.74) is 16.0. The molecule has 4 rings (SSSR count). The third kappa shape index (κ3) is 4.50. The van der Waals surface area contributed by atoms with Gasteiger partial charge in [-0.25, -0.2) is 0 Å². The van der Waals surface area contributed by atoms with Crippen LogP contribution < -0.4 is 20.9 Å². The Morgan fingerprint density at radius 3 is 1.62 bits per heavy atom. The van der Waals surface area contributed by atoms with Gasteiger partial charge in [-0.05, 0) is 83.4 Å². The summed E-state index contributed by atoms with van der Waals surface area (Å²) in [6.07, 6.45) is 4.67. The maximum absolute atomic E-state index is 5.93. The third-order valence-electron chi connectivity index (χ3n) is 4.61. The first kappa shape index (κ1) is 18.4. The van der Waals surface area contributed by atoms with Crippen LogP contribution in [0.15, 0.2) is 103 Å². The van der Waals surface area contributed by atoms with Gasteiger partial charge in [0.15, 0.2) is 0 Å². The Kier molecular flexibility index (Phi) is 5.08. The molecule has 0 unspecified atom stereocenters. The van der Waals surface area contributed by atoms with Gasteiger partial charge in [0.25, 0.3) is 0 Å². The van der Waals surface area contributed by atoms with Crippen LogP contribution in [0.4, 0.5) is 11.4 Å². The fourth-order valence-electron chi connectivity index (χ4n) is 3.09. The van der Waals surface area contributed by atoms with Crippen molar-refractivity contribution >= 4 is 16.9 Å². The maximum Gasteiger partial charge on any atom is 0.127 e. The molecule has 0 spiro atoms. The predicted molar refractivity (Wildman–Crippen MR) is 119 cm³/mol. The van der Waals surface area contributed by atoms with Gasteiger partial charge in [-0.1, -0.05) is 24.8 Å². The molecule has 0 saturated heterocycles. The first-order chi connectivity index (χ1) is 14.1. The number of anilines is 2. The lowest BCUT2D eigenvalue weighted by Crippen LogP contribution is -2.02. The molecule has 3 aromatic carbocycles. The molecule has 0 bridgehead atoms. The van der Waals surface area contributed by atoms with Crippen molar-refractivity contribution in [3.63, 3.8) is 0 Å². The normalized spacial score (nSPS) is 13.4. The van der Waals surface area contributed by atoms with Crippen molar-refractivity contribution < 1.29 is 9.47 Å². The maximum atomic E-state index is 5.93. The average Bonchev–Trinajstić information content (AvgIpc) is 2.72. The number of hydrogen-bond acceptors (Lipinski definition) is 4. The summed E-state index contributed by atoms with van der Waals surface area (Å²) in [6, 6.07) is 22.7. The van der Waals surface area contributed by atoms with E-state index in [4.69, 9.17) is 20.9 Å². The van der Waals surface area contributed by atoms with E-state index >= 15 is 0 Å². The number of nitrogen functional groups attached to an aromatic ring is 2. The Balaban J connectivity index is 1.46. The molecule has 0 atom stereocenters. The van der Waals surface area contributed by atoms with Gasteiger partial charge in [0.1, 0.15) is 23.0 Å². The van der Waals surface area contributed by atoms with E-state index in [1.165, 1.54) is 0 Å². The van der Waals surface area contributed by atoms with Crippen LogP contribution in [0.5, 0.6) is 17.2 Å². The van der Waals surface area contributed by atoms with Gasteiger partial charge in [0.2, 0.25) is 0 Å². The quantitative estimate of drug-likeness (QED) is 0.535. The van der Waals surface area contributed by atoms with E-state index in [-0.39, 0.29) is 0 Å². The third-order valence-corrected chi connectivity index (χ3v) is 4.61. The second-order valence-corrected chi connectivity index (χ2v) is 6.86. The number of nitrogens with two attached hydrogens (primary N) is 2. The van der Waals surface area contributed by atoms with Crippen molar-refractivity contribution in [2.75, 3.05) is 11.5 Å². The predicted octanol–water partition coefficient (Wildman–Crippen LogP) is 5.95. The summed E-state index contributed by atoms with van der Waals surface area (Å²) in [5, 5.41) is 0. The van der Waals surface area contributed by atoms with Crippen molar-refractivity contribution in [3.05, 3.63) is 108 Å². The lowest BCUT2D eigenvalue weighted by Gasteiger charge is -2.18. The molecule has 0 aliphatic heterocycles. The SMILES string of the molecule is C=C1CC(Oc2ccc(N)cc2)=CC=C1c1ccc(Oc2ccc(N)cc2)cc1. The molecule has 0 aromatic heterocycles. The molecule has 1 aliphatic rings. The minimum absolute atomic E-state index is 0.653. The minimum atomic E-state index is 0.653. The van der Waals surface area contributed by atoms with Crippen LogP contribution in [0.3, 0.4) is 0 Å². The number of hydrogen-bond donors (Lipinski definition) is 2. The van der Waals surface area contributed by atoms with Gasteiger partial charge in [0, 0.05) is 17.8 Å². The summed E-state index contributed by atoms with van der Waals surface area (Å²) in [6.45, 7) is 4.22. The van der Waals surface area contributed by atoms with E-state index < -0.39 is 0 Å². The Morgan fingerprint density at radius 2 is 1.10 bits per heavy atom. The average molecular weight is 382 g/mol. The number of benzene rings is 3. The lowest BCUT2D eigenvalue weighted by molar-refractivity contribution is 0.413. The summed E-state index contributed by atoms with van der Waals surface area (Å²) in [7, 11) is 0. The van der Waals surface area contributed by atoms with Crippen LogP contribution >= 0.6 is 0 Å². The molecule has 0 saturated carbocycles. The highest BCUT2D eigenvalue weighted by Gasteiger charge is 2.14. The van der Waals surface area contributed by atoms with Crippen molar-refractivity contribution in [2.24, 2.45) is 0 Å². The van der Waals surface area contributed by atoms with E-state index in [9.17, 15) is 0 Å². The van der Waals surface area contributed by atoms with E-state index in [0.717, 1.165) is 39.7 Å². The summed E-state index contributed by atoms with van der Waals surface area (Å²) >= 11 is 0. The first-order valence-electron chi connectivity index (χ1n) is 9.33. The van der Waals surface area contributed by atoms with Crippen LogP contribution in [0.25, 0.3) is 5.57 Å². The molecule has 4 nitrogen and oxygen atoms in total. The molecule has 0 heterocycles. The van der Waals surface area contributed by atoms with Gasteiger partial charge in [-0.2, -0.15) is 0 Å². The van der Waals surface area contributed by atoms with E-state index in [1.54, 1.807) is 0 Å². The van der Waals surface area contributed by atoms with E-state index in [2.05, 4.69) is 6.58 Å². The second-order valence-electron chi connectivity index (χ2n) is 6.86. The Bertz CT molecular complexity index is 1080. The van der Waals surface area contributed by atoms with Crippen LogP contribution in [0, 0.1) is 0 Å². The molecule has 0 radical (unpaired) electrons. The van der Waals surface area contributed by atoms with Crippen molar-refractivity contribution in [1.29, 1.82) is 0 Å². The van der Waals surface area contributed by atoms with Gasteiger partial charge in [0.05, 0.1) is 0 Å². The Labute approximate surface area is 170 Å². The smallest absolute Gasteiger partial charge is 0.127 e. The van der Waals surface area contributed by atoms with Gasteiger partial charge in [-0.15, -0.1) is 0 Å². The number of ether oxygens (including phenoxy) is 2. The highest BCUT2D eigenvalue weighted by molar-refractivity contribution is 5.81. The molecule has 144 valence electrons. The molecule has 4 N–H and O–H groups in total. The van der Waals surface area contributed by atoms with Crippen LogP contribution in [0.1, 0.15) is 12.0 Å². The van der Waals surface area contributed by atoms with Crippen molar-refractivity contribution in [3.8, 4) is 17.2 Å². The molecular weight excluding hydrogens is 360 g/mol. The molecule has 0 amide bonds. The first-order valence-corrected chi connectivity index (χ1v) is 9.33.